The molecule has 0 unspecified atom stereocenters. The van der Waals surface area contributed by atoms with E-state index in [9.17, 15) is 0 Å². The Hall–Kier alpha value is -2.03. The van der Waals surface area contributed by atoms with Crippen LogP contribution in [-0.4, -0.2) is 4.98 Å². The molecule has 2 rings (SSSR count). The highest BCUT2D eigenvalue weighted by atomic mass is 16.5. The number of aromatic nitrogens is 1. The summed E-state index contributed by atoms with van der Waals surface area (Å²) < 4.78 is 5.67. The van der Waals surface area contributed by atoms with Gasteiger partial charge >= 0.3 is 0 Å². The second-order valence-electron chi connectivity index (χ2n) is 4.05. The van der Waals surface area contributed by atoms with Crippen molar-refractivity contribution in [1.29, 1.82) is 0 Å². The molecule has 1 heterocycles. The normalized spacial score (nSPS) is 10.2. The predicted octanol–water partition coefficient (Wildman–Crippen LogP) is 2.86. The van der Waals surface area contributed by atoms with Crippen molar-refractivity contribution in [2.75, 3.05) is 5.73 Å². The number of rotatable bonds is 3. The largest absolute Gasteiger partial charge is 0.485 e. The summed E-state index contributed by atoms with van der Waals surface area (Å²) >= 11 is 0. The molecule has 0 aliphatic rings. The molecule has 3 nitrogen and oxygen atoms in total. The molecular weight excluding hydrogens is 212 g/mol. The number of aryl methyl sites for hydroxylation is 2. The van der Waals surface area contributed by atoms with Crippen LogP contribution in [0.1, 0.15) is 16.8 Å². The summed E-state index contributed by atoms with van der Waals surface area (Å²) in [6.45, 7) is 4.48. The predicted molar refractivity (Wildman–Crippen MR) is 68.9 cm³/mol. The molecular formula is C14H16N2O. The van der Waals surface area contributed by atoms with Crippen LogP contribution in [0.4, 0.5) is 5.82 Å². The summed E-state index contributed by atoms with van der Waals surface area (Å²) in [4.78, 5) is 4.16. The molecule has 17 heavy (non-hydrogen) atoms. The van der Waals surface area contributed by atoms with Crippen molar-refractivity contribution in [2.45, 2.75) is 20.5 Å². The Morgan fingerprint density at radius 2 is 1.88 bits per heavy atom. The Kier molecular flexibility index (Phi) is 3.28. The first-order chi connectivity index (χ1) is 8.16. The number of pyridine rings is 1. The van der Waals surface area contributed by atoms with Crippen molar-refractivity contribution in [3.8, 4) is 5.75 Å². The van der Waals surface area contributed by atoms with E-state index in [1.807, 2.05) is 37.3 Å². The molecule has 0 saturated carbocycles. The topological polar surface area (TPSA) is 48.1 Å². The fourth-order valence-corrected chi connectivity index (χ4v) is 1.61. The van der Waals surface area contributed by atoms with E-state index in [4.69, 9.17) is 10.5 Å². The van der Waals surface area contributed by atoms with Gasteiger partial charge in [0.2, 0.25) is 0 Å². The lowest BCUT2D eigenvalue weighted by molar-refractivity contribution is 0.306. The summed E-state index contributed by atoms with van der Waals surface area (Å²) in [7, 11) is 0. The zero-order chi connectivity index (χ0) is 12.3. The fraction of sp³-hybridized carbons (Fsp3) is 0.214. The van der Waals surface area contributed by atoms with E-state index >= 15 is 0 Å². The summed E-state index contributed by atoms with van der Waals surface area (Å²) in [6, 6.07) is 11.9. The Labute approximate surface area is 101 Å². The third kappa shape index (κ3) is 2.75. The zero-order valence-electron chi connectivity index (χ0n) is 10.1. The van der Waals surface area contributed by atoms with Gasteiger partial charge in [-0.3, -0.25) is 0 Å². The number of ether oxygens (including phenoxy) is 1. The van der Waals surface area contributed by atoms with E-state index in [2.05, 4.69) is 18.0 Å². The number of benzene rings is 1. The molecule has 88 valence electrons. The highest BCUT2D eigenvalue weighted by Gasteiger charge is 2.03. The Balaban J connectivity index is 2.10. The smallest absolute Gasteiger partial charge is 0.166 e. The van der Waals surface area contributed by atoms with E-state index in [0.29, 0.717) is 18.2 Å². The SMILES string of the molecule is Cc1ccc(OCc2ccccc2C)c(N)n1. The highest BCUT2D eigenvalue weighted by molar-refractivity contribution is 5.46. The molecule has 2 aromatic rings. The van der Waals surface area contributed by atoms with E-state index in [1.165, 1.54) is 5.56 Å². The van der Waals surface area contributed by atoms with Crippen molar-refractivity contribution in [2.24, 2.45) is 0 Å². The maximum atomic E-state index is 5.79. The molecule has 0 fully saturated rings. The lowest BCUT2D eigenvalue weighted by Gasteiger charge is -2.10. The third-order valence-electron chi connectivity index (χ3n) is 2.67. The number of anilines is 1. The second kappa shape index (κ2) is 4.87. The van der Waals surface area contributed by atoms with Gasteiger partial charge < -0.3 is 10.5 Å². The number of nitrogens with two attached hydrogens (primary N) is 1. The highest BCUT2D eigenvalue weighted by Crippen LogP contribution is 2.20. The van der Waals surface area contributed by atoms with Crippen LogP contribution < -0.4 is 10.5 Å². The second-order valence-corrected chi connectivity index (χ2v) is 4.05. The monoisotopic (exact) mass is 228 g/mol. The van der Waals surface area contributed by atoms with Gasteiger partial charge in [0.25, 0.3) is 0 Å². The lowest BCUT2D eigenvalue weighted by Crippen LogP contribution is -2.02. The molecule has 0 atom stereocenters. The average molecular weight is 228 g/mol. The maximum Gasteiger partial charge on any atom is 0.166 e. The van der Waals surface area contributed by atoms with Crippen molar-refractivity contribution in [3.63, 3.8) is 0 Å². The molecule has 0 saturated heterocycles. The van der Waals surface area contributed by atoms with Gasteiger partial charge in [-0.2, -0.15) is 0 Å². The molecule has 0 aliphatic heterocycles. The fourth-order valence-electron chi connectivity index (χ4n) is 1.61. The standard InChI is InChI=1S/C14H16N2O/c1-10-5-3-4-6-12(10)9-17-13-8-7-11(2)16-14(13)15/h3-8H,9H2,1-2H3,(H2,15,16). The van der Waals surface area contributed by atoms with Gasteiger partial charge in [-0.25, -0.2) is 4.98 Å². The molecule has 2 N–H and O–H groups in total. The van der Waals surface area contributed by atoms with Crippen LogP contribution in [0.25, 0.3) is 0 Å². The van der Waals surface area contributed by atoms with Gasteiger partial charge in [0.05, 0.1) is 0 Å². The zero-order valence-corrected chi connectivity index (χ0v) is 10.1. The Morgan fingerprint density at radius 1 is 1.12 bits per heavy atom. The molecule has 1 aromatic heterocycles. The van der Waals surface area contributed by atoms with E-state index in [1.54, 1.807) is 0 Å². The number of nitrogens with zero attached hydrogens (tertiary/aromatic N) is 1. The minimum absolute atomic E-state index is 0.443. The average Bonchev–Trinajstić information content (AvgIpc) is 2.30. The van der Waals surface area contributed by atoms with Crippen molar-refractivity contribution < 1.29 is 4.74 Å². The molecule has 0 aliphatic carbocycles. The third-order valence-corrected chi connectivity index (χ3v) is 2.67. The summed E-state index contributed by atoms with van der Waals surface area (Å²) in [5.41, 5.74) is 9.06. The quantitative estimate of drug-likeness (QED) is 0.878. The molecule has 0 radical (unpaired) electrons. The van der Waals surface area contributed by atoms with Crippen LogP contribution in [0.5, 0.6) is 5.75 Å². The van der Waals surface area contributed by atoms with Crippen LogP contribution in [-0.2, 0) is 6.61 Å². The van der Waals surface area contributed by atoms with E-state index in [0.717, 1.165) is 11.3 Å². The summed E-state index contributed by atoms with van der Waals surface area (Å²) in [5.74, 6) is 1.08. The Morgan fingerprint density at radius 3 is 2.59 bits per heavy atom. The Bertz CT molecular complexity index is 523. The van der Waals surface area contributed by atoms with Gasteiger partial charge in [0.1, 0.15) is 6.61 Å². The summed E-state index contributed by atoms with van der Waals surface area (Å²) in [5, 5.41) is 0. The number of hydrogen-bond acceptors (Lipinski definition) is 3. The van der Waals surface area contributed by atoms with E-state index < -0.39 is 0 Å². The van der Waals surface area contributed by atoms with Crippen LogP contribution in [0.15, 0.2) is 36.4 Å². The summed E-state index contributed by atoms with van der Waals surface area (Å²) in [6.07, 6.45) is 0. The van der Waals surface area contributed by atoms with Gasteiger partial charge in [0.15, 0.2) is 11.6 Å². The lowest BCUT2D eigenvalue weighted by atomic mass is 10.1. The molecule has 0 spiro atoms. The first-order valence-corrected chi connectivity index (χ1v) is 5.57. The van der Waals surface area contributed by atoms with Gasteiger partial charge in [-0.05, 0) is 37.1 Å². The van der Waals surface area contributed by atoms with Crippen molar-refractivity contribution >= 4 is 5.82 Å². The number of hydrogen-bond donors (Lipinski definition) is 1. The van der Waals surface area contributed by atoms with Crippen LogP contribution in [0, 0.1) is 13.8 Å². The van der Waals surface area contributed by atoms with Gasteiger partial charge in [-0.15, -0.1) is 0 Å². The minimum Gasteiger partial charge on any atom is -0.485 e. The van der Waals surface area contributed by atoms with Crippen LogP contribution >= 0.6 is 0 Å². The van der Waals surface area contributed by atoms with Crippen LogP contribution in [0.3, 0.4) is 0 Å². The van der Waals surface area contributed by atoms with Gasteiger partial charge in [-0.1, -0.05) is 24.3 Å². The van der Waals surface area contributed by atoms with Crippen molar-refractivity contribution in [3.05, 3.63) is 53.2 Å². The first-order valence-electron chi connectivity index (χ1n) is 5.57. The molecule has 0 amide bonds. The molecule has 3 heteroatoms. The maximum absolute atomic E-state index is 5.79. The molecule has 1 aromatic carbocycles. The van der Waals surface area contributed by atoms with Crippen molar-refractivity contribution in [1.82, 2.24) is 4.98 Å². The number of nitrogen functional groups attached to an aromatic ring is 1. The minimum atomic E-state index is 0.443. The van der Waals surface area contributed by atoms with Crippen LogP contribution in [0.2, 0.25) is 0 Å². The van der Waals surface area contributed by atoms with E-state index in [-0.39, 0.29) is 0 Å². The van der Waals surface area contributed by atoms with Gasteiger partial charge in [0, 0.05) is 5.69 Å². The first kappa shape index (κ1) is 11.5. The molecule has 0 bridgehead atoms.